The second kappa shape index (κ2) is 27.7. The number of benzene rings is 3. The average molecular weight is 1030 g/mol. The van der Waals surface area contributed by atoms with E-state index in [-0.39, 0.29) is 50.7 Å². The molecule has 3 aromatic rings. The van der Waals surface area contributed by atoms with Crippen LogP contribution in [0.4, 0.5) is 9.59 Å². The zero-order valence-corrected chi connectivity index (χ0v) is 45.2. The summed E-state index contributed by atoms with van der Waals surface area (Å²) in [4.78, 5) is 94.6. The number of aliphatic carboxylic acids is 1. The fraction of sp³-hybridized carbons (Fsp3) is 0.545. The molecule has 7 N–H and O–H groups in total. The van der Waals surface area contributed by atoms with E-state index in [1.807, 2.05) is 89.4 Å². The first kappa shape index (κ1) is 59.3. The lowest BCUT2D eigenvalue weighted by atomic mass is 9.98. The molecule has 18 heteroatoms. The molecule has 0 spiro atoms. The molecule has 73 heavy (non-hydrogen) atoms. The van der Waals surface area contributed by atoms with Crippen LogP contribution in [-0.2, 0) is 39.9 Å². The topological polar surface area (TPSA) is 240 Å². The number of alkyl carbamates (subject to hydrolysis) is 2. The van der Waals surface area contributed by atoms with Crippen LogP contribution in [0.5, 0.6) is 5.75 Å². The predicted octanol–water partition coefficient (Wildman–Crippen LogP) is 7.49. The maximum Gasteiger partial charge on any atom is 0.407 e. The van der Waals surface area contributed by atoms with Gasteiger partial charge in [0.25, 0.3) is 0 Å². The molecule has 400 valence electrons. The van der Waals surface area contributed by atoms with Crippen LogP contribution in [0.15, 0.2) is 72.8 Å². The second-order valence-corrected chi connectivity index (χ2v) is 22.2. The average Bonchev–Trinajstić information content (AvgIpc) is 3.62. The van der Waals surface area contributed by atoms with Gasteiger partial charge in [-0.2, -0.15) is 11.8 Å². The van der Waals surface area contributed by atoms with Crippen molar-refractivity contribution in [3.63, 3.8) is 0 Å². The second-order valence-electron chi connectivity index (χ2n) is 21.2. The molecule has 5 atom stereocenters. The van der Waals surface area contributed by atoms with E-state index in [4.69, 9.17) is 14.2 Å². The van der Waals surface area contributed by atoms with Gasteiger partial charge in [0.2, 0.25) is 23.6 Å². The van der Waals surface area contributed by atoms with Crippen LogP contribution in [0.1, 0.15) is 124 Å². The van der Waals surface area contributed by atoms with Gasteiger partial charge in [-0.1, -0.05) is 88.4 Å². The van der Waals surface area contributed by atoms with Gasteiger partial charge in [-0.25, -0.2) is 14.4 Å². The molecule has 0 saturated heterocycles. The van der Waals surface area contributed by atoms with Crippen molar-refractivity contribution in [2.75, 3.05) is 25.2 Å². The highest BCUT2D eigenvalue weighted by atomic mass is 32.2. The normalized spacial score (nSPS) is 14.3. The van der Waals surface area contributed by atoms with Crippen LogP contribution in [-0.4, -0.2) is 113 Å². The predicted molar refractivity (Wildman–Crippen MR) is 283 cm³/mol. The smallest absolute Gasteiger partial charge is 0.407 e. The number of amides is 6. The van der Waals surface area contributed by atoms with Crippen molar-refractivity contribution in [1.82, 2.24) is 31.9 Å². The molecule has 17 nitrogen and oxygen atoms in total. The Morgan fingerprint density at radius 2 is 1.19 bits per heavy atom. The Hall–Kier alpha value is -6.30. The largest absolute Gasteiger partial charge is 0.488 e. The standard InChI is InChI=1S/C55H78N6O11S/c1-33(2)30-44(48(63)57-43(51(66)67)22-16-17-28-56-52(68)72-55(8,9)10)58-49(64)45(31-35-23-25-36(26-24-35)71-54(5,6)7)59-50(65)46(34(3)4)61-47(62)42(27-29-73-11)60-53(69)70-32-41-39-20-14-12-18-37(39)38-19-13-15-21-40(38)41/h12-15,18-21,23-26,33-34,41-46H,16-17,22,27-32H2,1-11H3,(H,56,68)(H,57,63)(H,58,64)(H,59,65)(H,60,69)(H,61,62)(H,66,67)/t42-,43-,44-,45-,46-/m0/s1. The number of thioether (sulfide) groups is 1. The fourth-order valence-corrected chi connectivity index (χ4v) is 8.78. The lowest BCUT2D eigenvalue weighted by Crippen LogP contribution is -2.60. The molecule has 0 radical (unpaired) electrons. The van der Waals surface area contributed by atoms with E-state index in [0.717, 1.165) is 22.3 Å². The summed E-state index contributed by atoms with van der Waals surface area (Å²) in [7, 11) is 0. The third kappa shape index (κ3) is 19.6. The lowest BCUT2D eigenvalue weighted by molar-refractivity contribution is -0.142. The molecule has 0 fully saturated rings. The van der Waals surface area contributed by atoms with Crippen molar-refractivity contribution in [3.05, 3.63) is 89.5 Å². The van der Waals surface area contributed by atoms with Crippen molar-refractivity contribution >= 4 is 53.5 Å². The number of rotatable bonds is 26. The number of carboxylic acid groups (broad SMARTS) is 1. The zero-order valence-electron chi connectivity index (χ0n) is 44.3. The van der Waals surface area contributed by atoms with Crippen LogP contribution in [0.25, 0.3) is 11.1 Å². The molecule has 1 aliphatic rings. The number of unbranched alkanes of at least 4 members (excludes halogenated alkanes) is 1. The maximum atomic E-state index is 14.5. The van der Waals surface area contributed by atoms with Crippen molar-refractivity contribution in [2.24, 2.45) is 11.8 Å². The summed E-state index contributed by atoms with van der Waals surface area (Å²) < 4.78 is 17.0. The zero-order chi connectivity index (χ0) is 54.0. The molecule has 3 aromatic carbocycles. The van der Waals surface area contributed by atoms with Crippen LogP contribution in [0.3, 0.4) is 0 Å². The summed E-state index contributed by atoms with van der Waals surface area (Å²) in [6, 6.07) is 17.0. The Balaban J connectivity index is 1.50. The van der Waals surface area contributed by atoms with Gasteiger partial charge in [-0.05, 0) is 137 Å². The van der Waals surface area contributed by atoms with Crippen molar-refractivity contribution in [1.29, 1.82) is 0 Å². The quantitative estimate of drug-likeness (QED) is 0.0387. The third-order valence-corrected chi connectivity index (χ3v) is 12.4. The minimum absolute atomic E-state index is 0.0308. The highest BCUT2D eigenvalue weighted by Gasteiger charge is 2.35. The van der Waals surface area contributed by atoms with Gasteiger partial charge >= 0.3 is 18.2 Å². The molecular formula is C55H78N6O11S. The SMILES string of the molecule is CSCC[C@H](NC(=O)OCC1c2ccccc2-c2ccccc21)C(=O)N[C@H](C(=O)N[C@@H](Cc1ccc(OC(C)(C)C)cc1)C(=O)N[C@@H](CC(C)C)C(=O)N[C@@H](CCCCNC(=O)OC(C)(C)C)C(=O)O)C(C)C. The number of carbonyl (C=O) groups is 7. The van der Waals surface area contributed by atoms with Crippen LogP contribution < -0.4 is 36.6 Å². The molecule has 4 rings (SSSR count). The number of hydrogen-bond donors (Lipinski definition) is 7. The van der Waals surface area contributed by atoms with Crippen LogP contribution in [0, 0.1) is 11.8 Å². The summed E-state index contributed by atoms with van der Waals surface area (Å²) in [5, 5.41) is 26.5. The van der Waals surface area contributed by atoms with E-state index in [0.29, 0.717) is 29.9 Å². The van der Waals surface area contributed by atoms with Gasteiger partial charge in [0.05, 0.1) is 0 Å². The summed E-state index contributed by atoms with van der Waals surface area (Å²) >= 11 is 1.48. The molecule has 1 aliphatic carbocycles. The Morgan fingerprint density at radius 1 is 0.630 bits per heavy atom. The molecule has 6 amide bonds. The van der Waals surface area contributed by atoms with E-state index in [1.165, 1.54) is 11.8 Å². The van der Waals surface area contributed by atoms with Gasteiger partial charge in [0, 0.05) is 18.9 Å². The lowest BCUT2D eigenvalue weighted by Gasteiger charge is -2.29. The van der Waals surface area contributed by atoms with E-state index < -0.39 is 89.1 Å². The number of ether oxygens (including phenoxy) is 3. The molecule has 0 aromatic heterocycles. The summed E-state index contributed by atoms with van der Waals surface area (Å²) in [6.07, 6.45) is 1.65. The number of carboxylic acids is 1. The Labute approximate surface area is 435 Å². The van der Waals surface area contributed by atoms with Gasteiger partial charge in [0.15, 0.2) is 0 Å². The highest BCUT2D eigenvalue weighted by Crippen LogP contribution is 2.44. The van der Waals surface area contributed by atoms with Gasteiger partial charge < -0.3 is 51.2 Å². The van der Waals surface area contributed by atoms with E-state index in [9.17, 15) is 38.7 Å². The maximum absolute atomic E-state index is 14.5. The minimum Gasteiger partial charge on any atom is -0.488 e. The molecular weight excluding hydrogens is 953 g/mol. The highest BCUT2D eigenvalue weighted by molar-refractivity contribution is 7.98. The first-order chi connectivity index (χ1) is 34.3. The third-order valence-electron chi connectivity index (χ3n) is 11.8. The van der Waals surface area contributed by atoms with Crippen LogP contribution in [0.2, 0.25) is 0 Å². The van der Waals surface area contributed by atoms with Gasteiger partial charge in [0.1, 0.15) is 53.8 Å². The molecule has 0 aliphatic heterocycles. The number of fused-ring (bicyclic) bond motifs is 3. The molecule has 0 heterocycles. The number of nitrogens with one attached hydrogen (secondary N) is 6. The summed E-state index contributed by atoms with van der Waals surface area (Å²) in [6.45, 7) is 18.4. The molecule has 0 bridgehead atoms. The van der Waals surface area contributed by atoms with E-state index >= 15 is 0 Å². The first-order valence-corrected chi connectivity index (χ1v) is 26.5. The fourth-order valence-electron chi connectivity index (χ4n) is 8.31. The monoisotopic (exact) mass is 1030 g/mol. The van der Waals surface area contributed by atoms with Gasteiger partial charge in [-0.15, -0.1) is 0 Å². The van der Waals surface area contributed by atoms with Crippen molar-refractivity contribution in [2.45, 2.75) is 155 Å². The Kier molecular flexibility index (Phi) is 22.5. The number of hydrogen-bond acceptors (Lipinski definition) is 11. The minimum atomic E-state index is -1.29. The summed E-state index contributed by atoms with van der Waals surface area (Å²) in [5.41, 5.74) is 3.73. The van der Waals surface area contributed by atoms with E-state index in [2.05, 4.69) is 31.9 Å². The molecule has 0 unspecified atom stereocenters. The first-order valence-electron chi connectivity index (χ1n) is 25.1. The van der Waals surface area contributed by atoms with E-state index in [1.54, 1.807) is 58.9 Å². The van der Waals surface area contributed by atoms with Gasteiger partial charge in [-0.3, -0.25) is 19.2 Å². The Bertz CT molecular complexity index is 2300. The summed E-state index contributed by atoms with van der Waals surface area (Å²) in [5.74, 6) is -3.71. The molecule has 0 saturated carbocycles. The van der Waals surface area contributed by atoms with Crippen molar-refractivity contribution < 1.29 is 52.9 Å². The number of carbonyl (C=O) groups excluding carboxylic acids is 6. The Morgan fingerprint density at radius 3 is 1.74 bits per heavy atom. The van der Waals surface area contributed by atoms with Crippen molar-refractivity contribution in [3.8, 4) is 16.9 Å². The van der Waals surface area contributed by atoms with Crippen LogP contribution >= 0.6 is 11.8 Å².